The predicted octanol–water partition coefficient (Wildman–Crippen LogP) is 1.99. The first-order valence-corrected chi connectivity index (χ1v) is 8.27. The summed E-state index contributed by atoms with van der Waals surface area (Å²) in [5.41, 5.74) is 2.93. The Morgan fingerprint density at radius 2 is 2.37 bits per heavy atom. The largest absolute Gasteiger partial charge is 0.374 e. The lowest BCUT2D eigenvalue weighted by Gasteiger charge is -2.38. The van der Waals surface area contributed by atoms with Crippen LogP contribution in [0.15, 0.2) is 15.9 Å². The second-order valence-corrected chi connectivity index (χ2v) is 7.73. The molecule has 1 fully saturated rings. The molecular weight excluding hydrogens is 326 g/mol. The highest BCUT2D eigenvalue weighted by Gasteiger charge is 2.29. The monoisotopic (exact) mass is 347 g/mol. The average Bonchev–Trinajstić information content (AvgIpc) is 2.81. The standard InChI is InChI=1S/C13H22BrN3OS/c1-9(2)17-5-6-18-12(8-17)11(16-15)7-10-3-4-13(14)19-10/h3-4,9,11-12,16H,5-8,15H2,1-2H3. The van der Waals surface area contributed by atoms with Crippen LogP contribution in [0.1, 0.15) is 18.7 Å². The van der Waals surface area contributed by atoms with Crippen molar-refractivity contribution in [3.05, 3.63) is 20.8 Å². The second-order valence-electron chi connectivity index (χ2n) is 5.18. The van der Waals surface area contributed by atoms with E-state index < -0.39 is 0 Å². The molecule has 2 atom stereocenters. The van der Waals surface area contributed by atoms with Gasteiger partial charge in [0.15, 0.2) is 0 Å². The van der Waals surface area contributed by atoms with E-state index in [0.717, 1.165) is 29.9 Å². The van der Waals surface area contributed by atoms with Gasteiger partial charge in [-0.2, -0.15) is 0 Å². The van der Waals surface area contributed by atoms with E-state index in [-0.39, 0.29) is 12.1 Å². The summed E-state index contributed by atoms with van der Waals surface area (Å²) in [6, 6.07) is 4.94. The quantitative estimate of drug-likeness (QED) is 0.631. The Morgan fingerprint density at radius 3 is 2.95 bits per heavy atom. The van der Waals surface area contributed by atoms with E-state index in [0.29, 0.717) is 6.04 Å². The van der Waals surface area contributed by atoms with Gasteiger partial charge in [0.2, 0.25) is 0 Å². The molecule has 6 heteroatoms. The number of nitrogens with one attached hydrogen (secondary N) is 1. The van der Waals surface area contributed by atoms with Crippen LogP contribution in [-0.4, -0.2) is 42.8 Å². The number of thiophene rings is 1. The first kappa shape index (κ1) is 15.4. The SMILES string of the molecule is CC(C)N1CCOC(C(Cc2ccc(Br)s2)NN)C1. The molecule has 0 bridgehead atoms. The summed E-state index contributed by atoms with van der Waals surface area (Å²) >= 11 is 5.25. The Balaban J connectivity index is 1.96. The van der Waals surface area contributed by atoms with Gasteiger partial charge >= 0.3 is 0 Å². The third kappa shape index (κ3) is 4.24. The van der Waals surface area contributed by atoms with Gasteiger partial charge in [0, 0.05) is 30.4 Å². The van der Waals surface area contributed by atoms with Crippen molar-refractivity contribution in [1.29, 1.82) is 0 Å². The first-order chi connectivity index (χ1) is 9.10. The molecule has 4 nitrogen and oxygen atoms in total. The van der Waals surface area contributed by atoms with E-state index in [4.69, 9.17) is 10.6 Å². The number of hydrazine groups is 1. The maximum absolute atomic E-state index is 5.90. The predicted molar refractivity (Wildman–Crippen MR) is 83.3 cm³/mol. The van der Waals surface area contributed by atoms with Crippen molar-refractivity contribution < 1.29 is 4.74 Å². The lowest BCUT2D eigenvalue weighted by Crippen LogP contribution is -2.55. The van der Waals surface area contributed by atoms with E-state index in [1.54, 1.807) is 11.3 Å². The molecule has 108 valence electrons. The summed E-state index contributed by atoms with van der Waals surface area (Å²) in [4.78, 5) is 3.77. The van der Waals surface area contributed by atoms with Crippen LogP contribution in [0.4, 0.5) is 0 Å². The van der Waals surface area contributed by atoms with Crippen molar-refractivity contribution in [2.45, 2.75) is 38.5 Å². The molecule has 3 N–H and O–H groups in total. The smallest absolute Gasteiger partial charge is 0.0872 e. The average molecular weight is 348 g/mol. The van der Waals surface area contributed by atoms with E-state index in [2.05, 4.69) is 52.2 Å². The molecule has 2 heterocycles. The van der Waals surface area contributed by atoms with Gasteiger partial charge < -0.3 is 4.74 Å². The zero-order valence-electron chi connectivity index (χ0n) is 11.4. The molecule has 1 aliphatic rings. The van der Waals surface area contributed by atoms with Crippen LogP contribution in [0.25, 0.3) is 0 Å². The highest BCUT2D eigenvalue weighted by Crippen LogP contribution is 2.24. The summed E-state index contributed by atoms with van der Waals surface area (Å²) in [5.74, 6) is 5.72. The number of nitrogens with zero attached hydrogens (tertiary/aromatic N) is 1. The fraction of sp³-hybridized carbons (Fsp3) is 0.692. The van der Waals surface area contributed by atoms with Gasteiger partial charge in [-0.05, 0) is 41.9 Å². The molecule has 0 spiro atoms. The van der Waals surface area contributed by atoms with Gasteiger partial charge in [0.05, 0.1) is 22.5 Å². The fourth-order valence-electron chi connectivity index (χ4n) is 2.38. The molecule has 0 amide bonds. The highest BCUT2D eigenvalue weighted by molar-refractivity contribution is 9.11. The molecule has 0 radical (unpaired) electrons. The lowest BCUT2D eigenvalue weighted by atomic mass is 10.0. The topological polar surface area (TPSA) is 50.5 Å². The number of hydrogen-bond donors (Lipinski definition) is 2. The van der Waals surface area contributed by atoms with E-state index >= 15 is 0 Å². The van der Waals surface area contributed by atoms with Crippen LogP contribution in [0, 0.1) is 0 Å². The van der Waals surface area contributed by atoms with Gasteiger partial charge in [0.1, 0.15) is 0 Å². The van der Waals surface area contributed by atoms with Crippen LogP contribution >= 0.6 is 27.3 Å². The van der Waals surface area contributed by atoms with Gasteiger partial charge in [-0.1, -0.05) is 0 Å². The zero-order valence-corrected chi connectivity index (χ0v) is 13.8. The Kier molecular flexibility index (Phi) is 5.80. The van der Waals surface area contributed by atoms with Crippen molar-refractivity contribution in [1.82, 2.24) is 10.3 Å². The van der Waals surface area contributed by atoms with Crippen LogP contribution in [0.3, 0.4) is 0 Å². The van der Waals surface area contributed by atoms with Crippen molar-refractivity contribution in [2.75, 3.05) is 19.7 Å². The molecule has 0 aliphatic carbocycles. The first-order valence-electron chi connectivity index (χ1n) is 6.66. The van der Waals surface area contributed by atoms with Gasteiger partial charge in [-0.3, -0.25) is 16.2 Å². The Bertz CT molecular complexity index is 399. The fourth-order valence-corrected chi connectivity index (χ4v) is 3.93. The number of halogens is 1. The minimum Gasteiger partial charge on any atom is -0.374 e. The summed E-state index contributed by atoms with van der Waals surface area (Å²) in [6.45, 7) is 7.19. The number of rotatable bonds is 5. The molecular formula is C13H22BrN3OS. The van der Waals surface area contributed by atoms with Crippen molar-refractivity contribution in [3.63, 3.8) is 0 Å². The van der Waals surface area contributed by atoms with Crippen LogP contribution in [-0.2, 0) is 11.2 Å². The number of hydrogen-bond acceptors (Lipinski definition) is 5. The van der Waals surface area contributed by atoms with Crippen LogP contribution < -0.4 is 11.3 Å². The molecule has 1 aromatic heterocycles. The summed E-state index contributed by atoms with van der Waals surface area (Å²) in [7, 11) is 0. The minimum absolute atomic E-state index is 0.155. The zero-order chi connectivity index (χ0) is 13.8. The molecule has 0 aromatic carbocycles. The minimum atomic E-state index is 0.155. The lowest BCUT2D eigenvalue weighted by molar-refractivity contribution is -0.0551. The number of ether oxygens (including phenoxy) is 1. The number of nitrogens with two attached hydrogens (primary N) is 1. The third-order valence-electron chi connectivity index (χ3n) is 3.57. The van der Waals surface area contributed by atoms with Gasteiger partial charge in [-0.25, -0.2) is 0 Å². The van der Waals surface area contributed by atoms with Gasteiger partial charge in [-0.15, -0.1) is 11.3 Å². The van der Waals surface area contributed by atoms with Crippen LogP contribution in [0.5, 0.6) is 0 Å². The Hall–Kier alpha value is 0.0200. The maximum Gasteiger partial charge on any atom is 0.0872 e. The normalized spacial score (nSPS) is 22.9. The van der Waals surface area contributed by atoms with Crippen LogP contribution in [0.2, 0.25) is 0 Å². The van der Waals surface area contributed by atoms with Crippen molar-refractivity contribution in [2.24, 2.45) is 5.84 Å². The molecule has 2 rings (SSSR count). The number of morpholine rings is 1. The molecule has 1 aromatic rings. The molecule has 0 saturated carbocycles. The van der Waals surface area contributed by atoms with Crippen molar-refractivity contribution in [3.8, 4) is 0 Å². The second kappa shape index (κ2) is 7.15. The molecule has 1 aliphatic heterocycles. The molecule has 19 heavy (non-hydrogen) atoms. The summed E-state index contributed by atoms with van der Waals surface area (Å²) < 4.78 is 7.06. The van der Waals surface area contributed by atoms with E-state index in [1.165, 1.54) is 4.88 Å². The molecule has 1 saturated heterocycles. The maximum atomic E-state index is 5.90. The highest BCUT2D eigenvalue weighted by atomic mass is 79.9. The molecule has 2 unspecified atom stereocenters. The Morgan fingerprint density at radius 1 is 1.58 bits per heavy atom. The summed E-state index contributed by atoms with van der Waals surface area (Å²) in [5, 5.41) is 0. The third-order valence-corrected chi connectivity index (χ3v) is 5.21. The van der Waals surface area contributed by atoms with Gasteiger partial charge in [0.25, 0.3) is 0 Å². The summed E-state index contributed by atoms with van der Waals surface area (Å²) in [6.07, 6.45) is 1.06. The van der Waals surface area contributed by atoms with E-state index in [9.17, 15) is 0 Å². The Labute approximate surface area is 127 Å². The van der Waals surface area contributed by atoms with Crippen molar-refractivity contribution >= 4 is 27.3 Å². The van der Waals surface area contributed by atoms with E-state index in [1.807, 2.05) is 0 Å².